The van der Waals surface area contributed by atoms with E-state index >= 15 is 0 Å². The van der Waals surface area contributed by atoms with Gasteiger partial charge in [-0.15, -0.1) is 0 Å². The van der Waals surface area contributed by atoms with Gasteiger partial charge in [0.25, 0.3) is 5.91 Å². The number of hydrogen-bond acceptors (Lipinski definition) is 5. The van der Waals surface area contributed by atoms with Gasteiger partial charge in [-0.2, -0.15) is 9.97 Å². The summed E-state index contributed by atoms with van der Waals surface area (Å²) in [6.07, 6.45) is 1.64. The summed E-state index contributed by atoms with van der Waals surface area (Å²) in [6.45, 7) is 1.71. The fourth-order valence-corrected chi connectivity index (χ4v) is 2.26. The van der Waals surface area contributed by atoms with Crippen molar-refractivity contribution in [3.8, 4) is 11.5 Å². The largest absolute Gasteiger partial charge is 0.290 e. The summed E-state index contributed by atoms with van der Waals surface area (Å²) in [4.78, 5) is 29.1. The molecule has 0 bridgehead atoms. The van der Waals surface area contributed by atoms with Gasteiger partial charge in [-0.25, -0.2) is 4.98 Å². The molecule has 0 spiro atoms. The van der Waals surface area contributed by atoms with E-state index in [2.05, 4.69) is 25.3 Å². The molecule has 0 aliphatic carbocycles. The Kier molecular flexibility index (Phi) is 4.69. The van der Waals surface area contributed by atoms with Crippen molar-refractivity contribution < 1.29 is 4.79 Å². The van der Waals surface area contributed by atoms with Crippen LogP contribution in [-0.4, -0.2) is 25.8 Å². The van der Waals surface area contributed by atoms with Crippen molar-refractivity contribution in [3.63, 3.8) is 0 Å². The van der Waals surface area contributed by atoms with Crippen molar-refractivity contribution in [2.75, 3.05) is 5.32 Å². The number of nitrogens with one attached hydrogen (secondary N) is 1. The van der Waals surface area contributed by atoms with E-state index in [0.717, 1.165) is 0 Å². The normalized spacial score (nSPS) is 10.5. The molecule has 0 saturated carbocycles. The van der Waals surface area contributed by atoms with Crippen molar-refractivity contribution in [2.45, 2.75) is 6.92 Å². The Balaban J connectivity index is 1.88. The van der Waals surface area contributed by atoms with Crippen LogP contribution in [0.15, 0.2) is 42.6 Å². The van der Waals surface area contributed by atoms with Gasteiger partial charge in [0, 0.05) is 11.8 Å². The molecule has 0 saturated heterocycles. The number of benzene rings is 1. The Morgan fingerprint density at radius 1 is 1.04 bits per heavy atom. The number of carbonyl (C=O) groups is 1. The molecule has 2 aromatic heterocycles. The Morgan fingerprint density at radius 2 is 1.88 bits per heavy atom. The van der Waals surface area contributed by atoms with Crippen LogP contribution in [0.25, 0.3) is 11.5 Å². The minimum absolute atomic E-state index is 0.138. The van der Waals surface area contributed by atoms with Gasteiger partial charge in [0.15, 0.2) is 5.82 Å². The third-order valence-electron chi connectivity index (χ3n) is 3.05. The standard InChI is InChI=1S/C16H11Cl2N5O/c1-9-20-14(13-4-2-3-7-19-13)22-16(21-9)23-15(24)10-5-6-11(17)12(18)8-10/h2-8H,1H3,(H,20,21,22,23,24). The maximum Gasteiger partial charge on any atom is 0.258 e. The molecule has 0 atom stereocenters. The number of rotatable bonds is 3. The van der Waals surface area contributed by atoms with E-state index in [4.69, 9.17) is 23.2 Å². The lowest BCUT2D eigenvalue weighted by Gasteiger charge is -2.07. The first-order valence-electron chi connectivity index (χ1n) is 6.93. The average Bonchev–Trinajstić information content (AvgIpc) is 2.57. The molecule has 8 heteroatoms. The number of pyridine rings is 1. The van der Waals surface area contributed by atoms with Gasteiger partial charge in [-0.3, -0.25) is 15.1 Å². The van der Waals surface area contributed by atoms with E-state index in [-0.39, 0.29) is 5.95 Å². The van der Waals surface area contributed by atoms with Crippen LogP contribution in [0.3, 0.4) is 0 Å². The first-order chi connectivity index (χ1) is 11.5. The van der Waals surface area contributed by atoms with Crippen molar-refractivity contribution in [2.24, 2.45) is 0 Å². The predicted molar refractivity (Wildman–Crippen MR) is 92.2 cm³/mol. The first-order valence-corrected chi connectivity index (χ1v) is 7.69. The van der Waals surface area contributed by atoms with E-state index in [9.17, 15) is 4.79 Å². The molecule has 3 aromatic rings. The van der Waals surface area contributed by atoms with E-state index in [1.54, 1.807) is 37.4 Å². The van der Waals surface area contributed by atoms with Gasteiger partial charge in [0.1, 0.15) is 11.5 Å². The molecule has 24 heavy (non-hydrogen) atoms. The molecule has 0 unspecified atom stereocenters. The highest BCUT2D eigenvalue weighted by Gasteiger charge is 2.12. The number of anilines is 1. The molecule has 1 aromatic carbocycles. The van der Waals surface area contributed by atoms with Crippen LogP contribution in [0.5, 0.6) is 0 Å². The summed E-state index contributed by atoms with van der Waals surface area (Å²) in [6, 6.07) is 10.0. The molecule has 120 valence electrons. The number of aromatic nitrogens is 4. The summed E-state index contributed by atoms with van der Waals surface area (Å²) in [5.74, 6) is 0.591. The number of amides is 1. The second-order valence-corrected chi connectivity index (χ2v) is 5.64. The molecular weight excluding hydrogens is 349 g/mol. The molecule has 3 rings (SSSR count). The van der Waals surface area contributed by atoms with Crippen LogP contribution in [-0.2, 0) is 0 Å². The van der Waals surface area contributed by atoms with Crippen LogP contribution in [0, 0.1) is 6.92 Å². The highest BCUT2D eigenvalue weighted by molar-refractivity contribution is 6.42. The Hall–Kier alpha value is -2.57. The van der Waals surface area contributed by atoms with E-state index in [1.807, 2.05) is 6.07 Å². The zero-order chi connectivity index (χ0) is 17.1. The van der Waals surface area contributed by atoms with E-state index < -0.39 is 5.91 Å². The lowest BCUT2D eigenvalue weighted by Crippen LogP contribution is -2.15. The molecular formula is C16H11Cl2N5O. The zero-order valence-electron chi connectivity index (χ0n) is 12.5. The molecule has 1 amide bonds. The lowest BCUT2D eigenvalue weighted by molar-refractivity contribution is 0.102. The van der Waals surface area contributed by atoms with Crippen LogP contribution >= 0.6 is 23.2 Å². The predicted octanol–water partition coefficient (Wildman–Crippen LogP) is 3.80. The fourth-order valence-electron chi connectivity index (χ4n) is 1.96. The van der Waals surface area contributed by atoms with Gasteiger partial charge < -0.3 is 0 Å². The van der Waals surface area contributed by atoms with Gasteiger partial charge in [0.05, 0.1) is 10.0 Å². The van der Waals surface area contributed by atoms with Crippen molar-refractivity contribution in [1.82, 2.24) is 19.9 Å². The Labute approximate surface area is 147 Å². The van der Waals surface area contributed by atoms with Crippen LogP contribution in [0.1, 0.15) is 16.2 Å². The first kappa shape index (κ1) is 16.3. The quantitative estimate of drug-likeness (QED) is 0.768. The second-order valence-electron chi connectivity index (χ2n) is 4.83. The number of aryl methyl sites for hydroxylation is 1. The van der Waals surface area contributed by atoms with Crippen LogP contribution in [0.2, 0.25) is 10.0 Å². The zero-order valence-corrected chi connectivity index (χ0v) is 14.0. The highest BCUT2D eigenvalue weighted by atomic mass is 35.5. The molecule has 2 heterocycles. The minimum Gasteiger partial charge on any atom is -0.290 e. The molecule has 0 radical (unpaired) electrons. The maximum atomic E-state index is 12.3. The van der Waals surface area contributed by atoms with Gasteiger partial charge in [-0.05, 0) is 37.3 Å². The topological polar surface area (TPSA) is 80.7 Å². The smallest absolute Gasteiger partial charge is 0.258 e. The molecule has 0 aliphatic rings. The van der Waals surface area contributed by atoms with Gasteiger partial charge in [-0.1, -0.05) is 29.3 Å². The summed E-state index contributed by atoms with van der Waals surface area (Å²) < 4.78 is 0. The van der Waals surface area contributed by atoms with E-state index in [1.165, 1.54) is 6.07 Å². The Morgan fingerprint density at radius 3 is 2.58 bits per heavy atom. The third-order valence-corrected chi connectivity index (χ3v) is 3.79. The minimum atomic E-state index is -0.397. The number of nitrogens with zero attached hydrogens (tertiary/aromatic N) is 4. The monoisotopic (exact) mass is 359 g/mol. The van der Waals surface area contributed by atoms with E-state index in [0.29, 0.717) is 33.0 Å². The van der Waals surface area contributed by atoms with Crippen molar-refractivity contribution in [1.29, 1.82) is 0 Å². The van der Waals surface area contributed by atoms with Crippen LogP contribution in [0.4, 0.5) is 5.95 Å². The SMILES string of the molecule is Cc1nc(NC(=O)c2ccc(Cl)c(Cl)c2)nc(-c2ccccn2)n1. The average molecular weight is 360 g/mol. The third kappa shape index (κ3) is 3.67. The molecule has 0 fully saturated rings. The molecule has 1 N–H and O–H groups in total. The maximum absolute atomic E-state index is 12.3. The Bertz CT molecular complexity index is 902. The highest BCUT2D eigenvalue weighted by Crippen LogP contribution is 2.23. The van der Waals surface area contributed by atoms with Crippen molar-refractivity contribution in [3.05, 3.63) is 64.0 Å². The van der Waals surface area contributed by atoms with Gasteiger partial charge in [0.2, 0.25) is 5.95 Å². The molecule has 6 nitrogen and oxygen atoms in total. The van der Waals surface area contributed by atoms with Crippen molar-refractivity contribution >= 4 is 35.1 Å². The second kappa shape index (κ2) is 6.90. The number of halogens is 2. The number of carbonyl (C=O) groups excluding carboxylic acids is 1. The van der Waals surface area contributed by atoms with Gasteiger partial charge >= 0.3 is 0 Å². The number of hydrogen-bond donors (Lipinski definition) is 1. The lowest BCUT2D eigenvalue weighted by atomic mass is 10.2. The van der Waals surface area contributed by atoms with Crippen LogP contribution < -0.4 is 5.32 Å². The summed E-state index contributed by atoms with van der Waals surface area (Å²) in [5, 5.41) is 3.30. The summed E-state index contributed by atoms with van der Waals surface area (Å²) in [7, 11) is 0. The fraction of sp³-hybridized carbons (Fsp3) is 0.0625. The molecule has 0 aliphatic heterocycles. The summed E-state index contributed by atoms with van der Waals surface area (Å²) in [5.41, 5.74) is 0.940. The summed E-state index contributed by atoms with van der Waals surface area (Å²) >= 11 is 11.8.